The summed E-state index contributed by atoms with van der Waals surface area (Å²) >= 11 is 0. The zero-order valence-corrected chi connectivity index (χ0v) is 16.3. The molecular weight excluding hydrogens is 398 g/mol. The Hall–Kier alpha value is -3.21. The van der Waals surface area contributed by atoms with Crippen LogP contribution in [-0.4, -0.2) is 73.4 Å². The molecule has 3 aliphatic rings. The highest BCUT2D eigenvalue weighted by atomic mass is 32.2. The third-order valence-corrected chi connectivity index (χ3v) is 6.23. The minimum absolute atomic E-state index is 0.0348. The van der Waals surface area contributed by atoms with Crippen LogP contribution < -0.4 is 4.90 Å². The molecule has 0 saturated carbocycles. The third-order valence-electron chi connectivity index (χ3n) is 5.08. The number of rotatable bonds is 3. The molecule has 152 valence electrons. The highest BCUT2D eigenvalue weighted by Crippen LogP contribution is 2.23. The monoisotopic (exact) mass is 417 g/mol. The zero-order valence-electron chi connectivity index (χ0n) is 15.5. The number of fused-ring (bicyclic) bond motifs is 1. The topological polar surface area (TPSA) is 116 Å². The summed E-state index contributed by atoms with van der Waals surface area (Å²) in [6, 6.07) is 6.32. The lowest BCUT2D eigenvalue weighted by Gasteiger charge is -2.37. The Morgan fingerprint density at radius 2 is 1.76 bits per heavy atom. The van der Waals surface area contributed by atoms with Gasteiger partial charge in [-0.1, -0.05) is 0 Å². The molecule has 11 heteroatoms. The molecule has 3 heterocycles. The summed E-state index contributed by atoms with van der Waals surface area (Å²) in [4.78, 5) is 28.8. The summed E-state index contributed by atoms with van der Waals surface area (Å²) in [5, 5.41) is 10.8. The molecule has 1 aromatic carbocycles. The molecule has 10 nitrogen and oxygen atoms in total. The maximum Gasteiger partial charge on any atom is 0.269 e. The Morgan fingerprint density at radius 1 is 1.07 bits per heavy atom. The van der Waals surface area contributed by atoms with Crippen molar-refractivity contribution in [2.45, 2.75) is 0 Å². The van der Waals surface area contributed by atoms with E-state index in [9.17, 15) is 23.3 Å². The first kappa shape index (κ1) is 19.1. The number of anilines is 1. The summed E-state index contributed by atoms with van der Waals surface area (Å²) in [6.45, 7) is 2.33. The van der Waals surface area contributed by atoms with Crippen LogP contribution in [-0.2, 0) is 14.8 Å². The van der Waals surface area contributed by atoms with Gasteiger partial charge in [0.2, 0.25) is 0 Å². The number of nitrogens with zero attached hydrogens (tertiary/aromatic N) is 5. The number of allylic oxidation sites excluding steroid dienone is 2. The van der Waals surface area contributed by atoms with Crippen LogP contribution in [0, 0.1) is 10.1 Å². The second kappa shape index (κ2) is 7.32. The van der Waals surface area contributed by atoms with Crippen molar-refractivity contribution in [2.75, 3.05) is 43.4 Å². The Bertz CT molecular complexity index is 1040. The van der Waals surface area contributed by atoms with E-state index in [2.05, 4.69) is 9.30 Å². The van der Waals surface area contributed by atoms with Crippen molar-refractivity contribution < 1.29 is 18.1 Å². The summed E-state index contributed by atoms with van der Waals surface area (Å²) in [5.41, 5.74) is 1.17. The molecule has 0 radical (unpaired) electrons. The summed E-state index contributed by atoms with van der Waals surface area (Å²) < 4.78 is 27.6. The number of piperazine rings is 1. The van der Waals surface area contributed by atoms with Gasteiger partial charge in [-0.3, -0.25) is 14.9 Å². The van der Waals surface area contributed by atoms with Gasteiger partial charge in [-0.15, -0.1) is 4.40 Å². The standard InChI is InChI=1S/C18H19N5O5S/c24-18(16-2-1-7-21-12-13-29(27,28)19-17(16)21)22-10-8-20(9-11-22)14-3-5-15(6-4-14)23(25)26/h1-7H,8-13H2. The maximum atomic E-state index is 13.0. The van der Waals surface area contributed by atoms with Crippen LogP contribution in [0.4, 0.5) is 11.4 Å². The molecule has 3 aliphatic heterocycles. The first-order valence-corrected chi connectivity index (χ1v) is 10.7. The van der Waals surface area contributed by atoms with Crippen LogP contribution >= 0.6 is 0 Å². The van der Waals surface area contributed by atoms with Gasteiger partial charge >= 0.3 is 0 Å². The molecule has 0 N–H and O–H groups in total. The predicted molar refractivity (Wildman–Crippen MR) is 107 cm³/mol. The molecule has 0 spiro atoms. The number of carbonyl (C=O) groups excluding carboxylic acids is 1. The third kappa shape index (κ3) is 3.86. The fourth-order valence-electron chi connectivity index (χ4n) is 3.51. The smallest absolute Gasteiger partial charge is 0.269 e. The average Bonchev–Trinajstić information content (AvgIpc) is 2.72. The van der Waals surface area contributed by atoms with E-state index in [-0.39, 0.29) is 35.3 Å². The molecule has 1 aromatic rings. The average molecular weight is 417 g/mol. The van der Waals surface area contributed by atoms with Gasteiger partial charge in [0.15, 0.2) is 5.84 Å². The van der Waals surface area contributed by atoms with Crippen molar-refractivity contribution in [3.63, 3.8) is 0 Å². The Morgan fingerprint density at radius 3 is 2.41 bits per heavy atom. The van der Waals surface area contributed by atoms with Crippen molar-refractivity contribution in [1.29, 1.82) is 0 Å². The number of amidine groups is 1. The van der Waals surface area contributed by atoms with E-state index < -0.39 is 14.9 Å². The van der Waals surface area contributed by atoms with E-state index >= 15 is 0 Å². The molecular formula is C18H19N5O5S. The summed E-state index contributed by atoms with van der Waals surface area (Å²) in [6.07, 6.45) is 5.04. The van der Waals surface area contributed by atoms with Crippen molar-refractivity contribution in [1.82, 2.24) is 9.80 Å². The van der Waals surface area contributed by atoms with Crippen LogP contribution in [0.3, 0.4) is 0 Å². The molecule has 1 amide bonds. The Balaban J connectivity index is 1.45. The zero-order chi connectivity index (χ0) is 20.6. The first-order valence-electron chi connectivity index (χ1n) is 9.11. The van der Waals surface area contributed by atoms with E-state index in [1.54, 1.807) is 40.3 Å². The van der Waals surface area contributed by atoms with Gasteiger partial charge in [0, 0.05) is 56.7 Å². The number of sulfonamides is 1. The maximum absolute atomic E-state index is 13.0. The highest BCUT2D eigenvalue weighted by Gasteiger charge is 2.33. The molecule has 0 aliphatic carbocycles. The van der Waals surface area contributed by atoms with Gasteiger partial charge in [0.1, 0.15) is 0 Å². The Labute approximate surface area is 167 Å². The lowest BCUT2D eigenvalue weighted by atomic mass is 10.1. The fraction of sp³-hybridized carbons (Fsp3) is 0.333. The summed E-state index contributed by atoms with van der Waals surface area (Å²) in [7, 11) is -3.56. The lowest BCUT2D eigenvalue weighted by Crippen LogP contribution is -2.51. The molecule has 0 aromatic heterocycles. The minimum Gasteiger partial charge on any atom is -0.368 e. The molecule has 0 atom stereocenters. The summed E-state index contributed by atoms with van der Waals surface area (Å²) in [5.74, 6) is -0.143. The van der Waals surface area contributed by atoms with E-state index in [0.717, 1.165) is 5.69 Å². The fourth-order valence-corrected chi connectivity index (χ4v) is 4.49. The van der Waals surface area contributed by atoms with Crippen LogP contribution in [0.25, 0.3) is 0 Å². The number of hydrogen-bond acceptors (Lipinski definition) is 7. The minimum atomic E-state index is -3.56. The van der Waals surface area contributed by atoms with Gasteiger partial charge in [0.05, 0.1) is 16.2 Å². The van der Waals surface area contributed by atoms with E-state index in [1.807, 2.05) is 0 Å². The van der Waals surface area contributed by atoms with Crippen LogP contribution in [0.1, 0.15) is 0 Å². The van der Waals surface area contributed by atoms with Crippen molar-refractivity contribution >= 4 is 33.1 Å². The number of non-ortho nitro benzene ring substituents is 1. The van der Waals surface area contributed by atoms with Crippen LogP contribution in [0.2, 0.25) is 0 Å². The molecule has 4 rings (SSSR count). The Kier molecular flexibility index (Phi) is 4.82. The first-order chi connectivity index (χ1) is 13.8. The number of amides is 1. The molecule has 1 fully saturated rings. The van der Waals surface area contributed by atoms with Gasteiger partial charge in [-0.2, -0.15) is 0 Å². The van der Waals surface area contributed by atoms with Gasteiger partial charge in [0.25, 0.3) is 21.6 Å². The van der Waals surface area contributed by atoms with E-state index in [4.69, 9.17) is 0 Å². The quantitative estimate of drug-likeness (QED) is 0.526. The largest absolute Gasteiger partial charge is 0.368 e. The highest BCUT2D eigenvalue weighted by molar-refractivity contribution is 7.90. The van der Waals surface area contributed by atoms with Crippen molar-refractivity contribution in [3.05, 3.63) is 58.3 Å². The second-order valence-corrected chi connectivity index (χ2v) is 8.62. The van der Waals surface area contributed by atoms with Gasteiger partial charge in [-0.05, 0) is 24.3 Å². The van der Waals surface area contributed by atoms with Gasteiger partial charge in [-0.25, -0.2) is 8.42 Å². The number of benzene rings is 1. The van der Waals surface area contributed by atoms with Crippen LogP contribution in [0.15, 0.2) is 52.6 Å². The van der Waals surface area contributed by atoms with Crippen molar-refractivity contribution in [2.24, 2.45) is 4.40 Å². The van der Waals surface area contributed by atoms with Gasteiger partial charge < -0.3 is 14.7 Å². The molecule has 0 unspecified atom stereocenters. The lowest BCUT2D eigenvalue weighted by molar-refractivity contribution is -0.384. The normalized spacial score (nSPS) is 20.6. The number of nitro benzene ring substituents is 1. The second-order valence-electron chi connectivity index (χ2n) is 6.87. The number of hydrogen-bond donors (Lipinski definition) is 0. The van der Waals surface area contributed by atoms with Crippen LogP contribution in [0.5, 0.6) is 0 Å². The molecule has 1 saturated heterocycles. The molecule has 29 heavy (non-hydrogen) atoms. The SMILES string of the molecule is O=C(C1=CC=CN2CCS(=O)(=O)N=C12)N1CCN(c2ccc([N+](=O)[O-])cc2)CC1. The predicted octanol–water partition coefficient (Wildman–Crippen LogP) is 0.741. The number of nitro groups is 1. The van der Waals surface area contributed by atoms with E-state index in [0.29, 0.717) is 26.2 Å². The van der Waals surface area contributed by atoms with Crippen molar-refractivity contribution in [3.8, 4) is 0 Å². The number of carbonyl (C=O) groups is 1. The molecule has 0 bridgehead atoms. The van der Waals surface area contributed by atoms with E-state index in [1.165, 1.54) is 12.1 Å².